The van der Waals surface area contributed by atoms with Gasteiger partial charge in [0.15, 0.2) is 0 Å². The largest absolute Gasteiger partial charge is 0.491 e. The van der Waals surface area contributed by atoms with E-state index < -0.39 is 0 Å². The van der Waals surface area contributed by atoms with Gasteiger partial charge in [-0.15, -0.1) is 0 Å². The van der Waals surface area contributed by atoms with Crippen molar-refractivity contribution in [3.8, 4) is 0 Å². The number of nitrogens with one attached hydrogen (secondary N) is 1. The van der Waals surface area contributed by atoms with Crippen LogP contribution < -0.4 is 5.32 Å². The van der Waals surface area contributed by atoms with Gasteiger partial charge >= 0.3 is 0 Å². The monoisotopic (exact) mass is 275 g/mol. The van der Waals surface area contributed by atoms with E-state index in [2.05, 4.69) is 37.4 Å². The van der Waals surface area contributed by atoms with Crippen LogP contribution in [0.25, 0.3) is 0 Å². The SMILES string of the molecule is CC1C=CC(OCC2CNCCO2)=C2CCC(C)C2=C1. The van der Waals surface area contributed by atoms with Crippen LogP contribution in [0.4, 0.5) is 0 Å². The van der Waals surface area contributed by atoms with Gasteiger partial charge in [-0.25, -0.2) is 0 Å². The average molecular weight is 275 g/mol. The van der Waals surface area contributed by atoms with Crippen LogP contribution in [0.5, 0.6) is 0 Å². The van der Waals surface area contributed by atoms with Crippen LogP contribution in [-0.2, 0) is 9.47 Å². The van der Waals surface area contributed by atoms with Gasteiger partial charge in [-0.2, -0.15) is 0 Å². The first-order valence-electron chi connectivity index (χ1n) is 7.82. The zero-order chi connectivity index (χ0) is 13.9. The van der Waals surface area contributed by atoms with E-state index in [9.17, 15) is 0 Å². The average Bonchev–Trinajstić information content (AvgIpc) is 2.73. The minimum atomic E-state index is 0.178. The smallest absolute Gasteiger partial charge is 0.122 e. The Bertz CT molecular complexity index is 444. The van der Waals surface area contributed by atoms with Gasteiger partial charge in [0, 0.05) is 13.1 Å². The van der Waals surface area contributed by atoms with Crippen molar-refractivity contribution in [3.05, 3.63) is 35.1 Å². The molecular formula is C17H25NO2. The first kappa shape index (κ1) is 13.9. The van der Waals surface area contributed by atoms with E-state index in [1.54, 1.807) is 0 Å². The molecule has 0 radical (unpaired) electrons. The summed E-state index contributed by atoms with van der Waals surface area (Å²) in [6.07, 6.45) is 9.37. The molecule has 2 fully saturated rings. The topological polar surface area (TPSA) is 30.5 Å². The predicted octanol–water partition coefficient (Wildman–Crippen LogP) is 2.81. The zero-order valence-electron chi connectivity index (χ0n) is 12.5. The number of hydrogen-bond donors (Lipinski definition) is 1. The maximum atomic E-state index is 6.10. The number of ether oxygens (including phenoxy) is 2. The van der Waals surface area contributed by atoms with E-state index in [4.69, 9.17) is 9.47 Å². The second-order valence-electron chi connectivity index (χ2n) is 6.13. The van der Waals surface area contributed by atoms with Crippen LogP contribution in [0.1, 0.15) is 26.7 Å². The molecule has 3 aliphatic rings. The van der Waals surface area contributed by atoms with E-state index in [0.29, 0.717) is 18.4 Å². The molecule has 3 nitrogen and oxygen atoms in total. The molecule has 1 saturated carbocycles. The van der Waals surface area contributed by atoms with Gasteiger partial charge in [-0.3, -0.25) is 0 Å². The summed E-state index contributed by atoms with van der Waals surface area (Å²) in [4.78, 5) is 0. The lowest BCUT2D eigenvalue weighted by Crippen LogP contribution is -2.40. The van der Waals surface area contributed by atoms with E-state index in [1.165, 1.54) is 17.6 Å². The van der Waals surface area contributed by atoms with Gasteiger partial charge in [-0.05, 0) is 41.9 Å². The minimum Gasteiger partial charge on any atom is -0.491 e. The van der Waals surface area contributed by atoms with E-state index in [0.717, 1.165) is 31.9 Å². The molecule has 3 atom stereocenters. The lowest BCUT2D eigenvalue weighted by Gasteiger charge is -2.24. The normalized spacial score (nSPS) is 33.7. The number of hydrogen-bond acceptors (Lipinski definition) is 3. The molecule has 3 unspecified atom stereocenters. The highest BCUT2D eigenvalue weighted by atomic mass is 16.5. The van der Waals surface area contributed by atoms with Gasteiger partial charge in [0.1, 0.15) is 18.5 Å². The lowest BCUT2D eigenvalue weighted by molar-refractivity contribution is -0.0141. The highest BCUT2D eigenvalue weighted by Gasteiger charge is 2.27. The number of morpholine rings is 1. The number of rotatable bonds is 3. The van der Waals surface area contributed by atoms with Crippen molar-refractivity contribution in [2.75, 3.05) is 26.3 Å². The molecule has 3 heteroatoms. The van der Waals surface area contributed by atoms with Gasteiger partial charge < -0.3 is 14.8 Å². The van der Waals surface area contributed by atoms with Crippen LogP contribution in [-0.4, -0.2) is 32.4 Å². The fraction of sp³-hybridized carbons (Fsp3) is 0.647. The summed E-state index contributed by atoms with van der Waals surface area (Å²) < 4.78 is 11.8. The molecule has 0 aromatic rings. The van der Waals surface area contributed by atoms with Crippen LogP contribution in [0.3, 0.4) is 0 Å². The third kappa shape index (κ3) is 2.99. The molecule has 0 aromatic heterocycles. The zero-order valence-corrected chi connectivity index (χ0v) is 12.5. The molecule has 20 heavy (non-hydrogen) atoms. The molecule has 1 heterocycles. The third-order valence-corrected chi connectivity index (χ3v) is 4.43. The summed E-state index contributed by atoms with van der Waals surface area (Å²) in [7, 11) is 0. The Labute approximate surface area is 121 Å². The fourth-order valence-electron chi connectivity index (χ4n) is 3.21. The summed E-state index contributed by atoms with van der Waals surface area (Å²) in [6.45, 7) is 7.83. The molecule has 1 aliphatic heterocycles. The first-order chi connectivity index (χ1) is 9.74. The van der Waals surface area contributed by atoms with Crippen LogP contribution in [0.15, 0.2) is 35.1 Å². The summed E-state index contributed by atoms with van der Waals surface area (Å²) in [5, 5.41) is 3.34. The predicted molar refractivity (Wildman–Crippen MR) is 80.4 cm³/mol. The van der Waals surface area contributed by atoms with Crippen LogP contribution in [0, 0.1) is 11.8 Å². The molecule has 3 rings (SSSR count). The van der Waals surface area contributed by atoms with E-state index >= 15 is 0 Å². The quantitative estimate of drug-likeness (QED) is 0.859. The Kier molecular flexibility index (Phi) is 4.27. The molecule has 0 bridgehead atoms. The van der Waals surface area contributed by atoms with Gasteiger partial charge in [0.25, 0.3) is 0 Å². The lowest BCUT2D eigenvalue weighted by atomic mass is 9.99. The van der Waals surface area contributed by atoms with Crippen LogP contribution >= 0.6 is 0 Å². The van der Waals surface area contributed by atoms with E-state index in [-0.39, 0.29) is 6.10 Å². The molecule has 1 N–H and O–H groups in total. The van der Waals surface area contributed by atoms with Gasteiger partial charge in [0.05, 0.1) is 6.61 Å². The summed E-state index contributed by atoms with van der Waals surface area (Å²) in [6, 6.07) is 0. The van der Waals surface area contributed by atoms with Crippen molar-refractivity contribution in [2.24, 2.45) is 11.8 Å². The fourth-order valence-corrected chi connectivity index (χ4v) is 3.21. The van der Waals surface area contributed by atoms with Crippen molar-refractivity contribution < 1.29 is 9.47 Å². The maximum Gasteiger partial charge on any atom is 0.122 e. The van der Waals surface area contributed by atoms with Crippen LogP contribution in [0.2, 0.25) is 0 Å². The number of fused-ring (bicyclic) bond motifs is 1. The van der Waals surface area contributed by atoms with Gasteiger partial charge in [0.2, 0.25) is 0 Å². The molecular weight excluding hydrogens is 250 g/mol. The molecule has 0 aromatic carbocycles. The second-order valence-corrected chi connectivity index (χ2v) is 6.13. The van der Waals surface area contributed by atoms with Crippen molar-refractivity contribution in [1.82, 2.24) is 5.32 Å². The van der Waals surface area contributed by atoms with E-state index in [1.807, 2.05) is 0 Å². The molecule has 110 valence electrons. The standard InChI is InChI=1S/C17H25NO2/c1-12-3-6-17(15-5-4-13(2)16(15)9-12)20-11-14-10-18-7-8-19-14/h3,6,9,12-14,18H,4-5,7-8,10-11H2,1-2H3. The Morgan fingerprint density at radius 3 is 3.10 bits per heavy atom. The summed E-state index contributed by atoms with van der Waals surface area (Å²) in [5.41, 5.74) is 2.92. The Morgan fingerprint density at radius 2 is 2.30 bits per heavy atom. The van der Waals surface area contributed by atoms with Gasteiger partial charge in [-0.1, -0.05) is 26.0 Å². The van der Waals surface area contributed by atoms with Crippen molar-refractivity contribution in [3.63, 3.8) is 0 Å². The second kappa shape index (κ2) is 6.15. The van der Waals surface area contributed by atoms with Crippen molar-refractivity contribution in [1.29, 1.82) is 0 Å². The maximum absolute atomic E-state index is 6.10. The van der Waals surface area contributed by atoms with Crippen molar-refractivity contribution in [2.45, 2.75) is 32.8 Å². The highest BCUT2D eigenvalue weighted by molar-refractivity contribution is 5.45. The highest BCUT2D eigenvalue weighted by Crippen LogP contribution is 2.40. The summed E-state index contributed by atoms with van der Waals surface area (Å²) >= 11 is 0. The Balaban J connectivity index is 1.71. The molecule has 2 aliphatic carbocycles. The first-order valence-corrected chi connectivity index (χ1v) is 7.82. The Morgan fingerprint density at radius 1 is 1.40 bits per heavy atom. The molecule has 0 amide bonds. The summed E-state index contributed by atoms with van der Waals surface area (Å²) in [5.74, 6) is 2.23. The molecule has 1 saturated heterocycles. The number of allylic oxidation sites excluding steroid dienone is 5. The Hall–Kier alpha value is -1.06. The minimum absolute atomic E-state index is 0.178. The van der Waals surface area contributed by atoms with Crippen molar-refractivity contribution >= 4 is 0 Å². The third-order valence-electron chi connectivity index (χ3n) is 4.43. The molecule has 0 spiro atoms.